The fraction of sp³-hybridized carbons (Fsp3) is 0.238. The Labute approximate surface area is 161 Å². The molecule has 0 radical (unpaired) electrons. The molecule has 144 valence electrons. The number of ether oxygens (including phenoxy) is 1. The van der Waals surface area contributed by atoms with Crippen LogP contribution >= 0.6 is 0 Å². The summed E-state index contributed by atoms with van der Waals surface area (Å²) in [7, 11) is 1.29. The second kappa shape index (κ2) is 8.04. The van der Waals surface area contributed by atoms with Crippen LogP contribution in [-0.4, -0.2) is 28.8 Å². The quantitative estimate of drug-likeness (QED) is 0.688. The van der Waals surface area contributed by atoms with Gasteiger partial charge in [0.1, 0.15) is 6.54 Å². The van der Waals surface area contributed by atoms with Crippen LogP contribution in [0.5, 0.6) is 0 Å². The summed E-state index contributed by atoms with van der Waals surface area (Å²) in [5.74, 6) is -0.844. The van der Waals surface area contributed by atoms with Gasteiger partial charge in [0.05, 0.1) is 24.6 Å². The number of fused-ring (bicyclic) bond motifs is 1. The zero-order valence-corrected chi connectivity index (χ0v) is 16.0. The number of rotatable bonds is 5. The highest BCUT2D eigenvalue weighted by atomic mass is 16.5. The molecular weight excluding hydrogens is 358 g/mol. The van der Waals surface area contributed by atoms with E-state index in [4.69, 9.17) is 4.74 Å². The highest BCUT2D eigenvalue weighted by Crippen LogP contribution is 2.17. The number of methoxy groups -OCH3 is 1. The van der Waals surface area contributed by atoms with E-state index in [9.17, 15) is 14.4 Å². The van der Waals surface area contributed by atoms with Gasteiger partial charge in [-0.3, -0.25) is 14.4 Å². The van der Waals surface area contributed by atoms with E-state index in [1.165, 1.54) is 7.11 Å². The molecule has 7 heteroatoms. The Morgan fingerprint density at radius 2 is 1.82 bits per heavy atom. The van der Waals surface area contributed by atoms with E-state index in [2.05, 4.69) is 10.4 Å². The van der Waals surface area contributed by atoms with Crippen LogP contribution in [0.2, 0.25) is 0 Å². The molecule has 0 aliphatic carbocycles. The molecule has 1 heterocycles. The van der Waals surface area contributed by atoms with Crippen molar-refractivity contribution < 1.29 is 14.3 Å². The van der Waals surface area contributed by atoms with Gasteiger partial charge in [0.2, 0.25) is 5.91 Å². The van der Waals surface area contributed by atoms with Crippen molar-refractivity contribution in [2.24, 2.45) is 0 Å². The Kier molecular flexibility index (Phi) is 5.54. The third-order valence-corrected chi connectivity index (χ3v) is 4.43. The van der Waals surface area contributed by atoms with Crippen LogP contribution in [0.25, 0.3) is 10.8 Å². The minimum absolute atomic E-state index is 0.0873. The Balaban J connectivity index is 1.93. The summed E-state index contributed by atoms with van der Waals surface area (Å²) in [6, 6.07) is 12.6. The minimum Gasteiger partial charge on any atom is -0.469 e. The molecule has 7 nitrogen and oxygen atoms in total. The Morgan fingerprint density at radius 1 is 1.11 bits per heavy atom. The van der Waals surface area contributed by atoms with Crippen LogP contribution in [0.3, 0.4) is 0 Å². The lowest BCUT2D eigenvalue weighted by molar-refractivity contribution is -0.139. The third-order valence-electron chi connectivity index (χ3n) is 4.43. The first-order chi connectivity index (χ1) is 13.4. The lowest BCUT2D eigenvalue weighted by Gasteiger charge is -2.12. The summed E-state index contributed by atoms with van der Waals surface area (Å²) in [5.41, 5.74) is 2.70. The summed E-state index contributed by atoms with van der Waals surface area (Å²) in [6.07, 6.45) is -0.0873. The predicted octanol–water partition coefficient (Wildman–Crippen LogP) is 2.37. The highest BCUT2D eigenvalue weighted by Gasteiger charge is 2.16. The molecule has 0 saturated heterocycles. The fourth-order valence-corrected chi connectivity index (χ4v) is 3.03. The average Bonchev–Trinajstić information content (AvgIpc) is 2.67. The standard InChI is InChI=1S/C21H21N3O4/c1-13-8-9-17(14(2)10-13)22-19(25)12-24-21(27)16-7-5-4-6-15(16)18(23-24)11-20(26)28-3/h4-10H,11-12H2,1-3H3,(H,22,25). The van der Waals surface area contributed by atoms with E-state index >= 15 is 0 Å². The third kappa shape index (κ3) is 4.09. The Morgan fingerprint density at radius 3 is 2.50 bits per heavy atom. The second-order valence-electron chi connectivity index (χ2n) is 6.57. The maximum Gasteiger partial charge on any atom is 0.311 e. The van der Waals surface area contributed by atoms with Gasteiger partial charge < -0.3 is 10.1 Å². The van der Waals surface area contributed by atoms with Crippen LogP contribution in [0, 0.1) is 13.8 Å². The monoisotopic (exact) mass is 379 g/mol. The first-order valence-corrected chi connectivity index (χ1v) is 8.81. The number of aryl methyl sites for hydroxylation is 2. The number of nitrogens with zero attached hydrogens (tertiary/aromatic N) is 2. The predicted molar refractivity (Wildman–Crippen MR) is 106 cm³/mol. The molecule has 1 N–H and O–H groups in total. The number of nitrogens with one attached hydrogen (secondary N) is 1. The smallest absolute Gasteiger partial charge is 0.311 e. The van der Waals surface area contributed by atoms with Gasteiger partial charge in [0.25, 0.3) is 5.56 Å². The number of esters is 1. The van der Waals surface area contributed by atoms with Crippen molar-refractivity contribution in [3.63, 3.8) is 0 Å². The number of carbonyl (C=O) groups is 2. The Bertz CT molecular complexity index is 1120. The maximum absolute atomic E-state index is 12.7. The maximum atomic E-state index is 12.7. The van der Waals surface area contributed by atoms with Crippen molar-refractivity contribution in [1.29, 1.82) is 0 Å². The normalized spacial score (nSPS) is 10.7. The largest absolute Gasteiger partial charge is 0.469 e. The zero-order chi connectivity index (χ0) is 20.3. The van der Waals surface area contributed by atoms with Gasteiger partial charge in [0, 0.05) is 11.1 Å². The van der Waals surface area contributed by atoms with Crippen LogP contribution in [0.15, 0.2) is 47.3 Å². The van der Waals surface area contributed by atoms with Crippen LogP contribution in [-0.2, 0) is 27.3 Å². The molecule has 0 unspecified atom stereocenters. The number of anilines is 1. The van der Waals surface area contributed by atoms with E-state index in [-0.39, 0.29) is 24.4 Å². The first-order valence-electron chi connectivity index (χ1n) is 8.81. The minimum atomic E-state index is -0.470. The van der Waals surface area contributed by atoms with Crippen LogP contribution < -0.4 is 10.9 Å². The van der Waals surface area contributed by atoms with Crippen molar-refractivity contribution in [2.75, 3.05) is 12.4 Å². The molecular formula is C21H21N3O4. The molecule has 0 atom stereocenters. The number of benzene rings is 2. The number of carbonyl (C=O) groups excluding carboxylic acids is 2. The number of aromatic nitrogens is 2. The van der Waals surface area contributed by atoms with Gasteiger partial charge in [-0.1, -0.05) is 35.9 Å². The van der Waals surface area contributed by atoms with E-state index in [0.29, 0.717) is 22.2 Å². The molecule has 0 aliphatic rings. The lowest BCUT2D eigenvalue weighted by Crippen LogP contribution is -2.31. The van der Waals surface area contributed by atoms with Gasteiger partial charge in [-0.15, -0.1) is 0 Å². The second-order valence-corrected chi connectivity index (χ2v) is 6.57. The van der Waals surface area contributed by atoms with Gasteiger partial charge in [-0.05, 0) is 31.5 Å². The van der Waals surface area contributed by atoms with Crippen LogP contribution in [0.4, 0.5) is 5.69 Å². The van der Waals surface area contributed by atoms with Gasteiger partial charge in [-0.25, -0.2) is 4.68 Å². The van der Waals surface area contributed by atoms with Gasteiger partial charge in [-0.2, -0.15) is 5.10 Å². The summed E-state index contributed by atoms with van der Waals surface area (Å²) in [4.78, 5) is 37.0. The van der Waals surface area contributed by atoms with Crippen molar-refractivity contribution in [3.05, 3.63) is 69.6 Å². The van der Waals surface area contributed by atoms with E-state index in [1.807, 2.05) is 32.0 Å². The topological polar surface area (TPSA) is 90.3 Å². The average molecular weight is 379 g/mol. The fourth-order valence-electron chi connectivity index (χ4n) is 3.03. The highest BCUT2D eigenvalue weighted by molar-refractivity contribution is 5.92. The molecule has 3 aromatic rings. The lowest BCUT2D eigenvalue weighted by atomic mass is 10.1. The first kappa shape index (κ1) is 19.3. The molecule has 0 bridgehead atoms. The zero-order valence-electron chi connectivity index (χ0n) is 16.0. The molecule has 1 aromatic heterocycles. The number of amides is 1. The van der Waals surface area contributed by atoms with Gasteiger partial charge >= 0.3 is 5.97 Å². The van der Waals surface area contributed by atoms with Crippen molar-refractivity contribution in [3.8, 4) is 0 Å². The van der Waals surface area contributed by atoms with Crippen molar-refractivity contribution >= 4 is 28.3 Å². The summed E-state index contributed by atoms with van der Waals surface area (Å²) in [6.45, 7) is 3.61. The molecule has 3 rings (SSSR count). The molecule has 0 aliphatic heterocycles. The molecule has 0 saturated carbocycles. The molecule has 1 amide bonds. The summed E-state index contributed by atoms with van der Waals surface area (Å²) >= 11 is 0. The number of hydrogen-bond donors (Lipinski definition) is 1. The van der Waals surface area contributed by atoms with Crippen molar-refractivity contribution in [2.45, 2.75) is 26.8 Å². The molecule has 0 spiro atoms. The summed E-state index contributed by atoms with van der Waals surface area (Å²) < 4.78 is 5.79. The SMILES string of the molecule is COC(=O)Cc1nn(CC(=O)Nc2ccc(C)cc2C)c(=O)c2ccccc12. The van der Waals surface area contributed by atoms with E-state index < -0.39 is 5.97 Å². The van der Waals surface area contributed by atoms with Crippen molar-refractivity contribution in [1.82, 2.24) is 9.78 Å². The van der Waals surface area contributed by atoms with E-state index in [0.717, 1.165) is 15.8 Å². The summed E-state index contributed by atoms with van der Waals surface area (Å²) in [5, 5.41) is 8.02. The molecule has 0 fully saturated rings. The Hall–Kier alpha value is -3.48. The molecule has 28 heavy (non-hydrogen) atoms. The molecule has 2 aromatic carbocycles. The number of hydrogen-bond acceptors (Lipinski definition) is 5. The van der Waals surface area contributed by atoms with Crippen LogP contribution in [0.1, 0.15) is 16.8 Å². The van der Waals surface area contributed by atoms with E-state index in [1.54, 1.807) is 24.3 Å². The van der Waals surface area contributed by atoms with Gasteiger partial charge in [0.15, 0.2) is 0 Å².